The van der Waals surface area contributed by atoms with Gasteiger partial charge in [-0.3, -0.25) is 4.79 Å². The molecule has 2 aliphatic heterocycles. The van der Waals surface area contributed by atoms with Gasteiger partial charge in [0.15, 0.2) is 0 Å². The monoisotopic (exact) mass is 366 g/mol. The standard InChI is InChI=1S/C16H17F3N6O/c1-9-20-12(16(17,18)19)4-14(21-9)25-7-10-5-24(6-11(10)8-25)13-2-3-15(26)23-22-13/h2-4,10-11H,5-8H2,1H3,(H,23,26). The van der Waals surface area contributed by atoms with Crippen LogP contribution in [0.15, 0.2) is 23.0 Å². The van der Waals surface area contributed by atoms with E-state index in [4.69, 9.17) is 0 Å². The molecule has 138 valence electrons. The van der Waals surface area contributed by atoms with Gasteiger partial charge >= 0.3 is 6.18 Å². The molecule has 2 aliphatic rings. The van der Waals surface area contributed by atoms with E-state index in [0.717, 1.165) is 19.2 Å². The number of fused-ring (bicyclic) bond motifs is 1. The lowest BCUT2D eigenvalue weighted by Crippen LogP contribution is -2.30. The summed E-state index contributed by atoms with van der Waals surface area (Å²) in [5.41, 5.74) is -1.16. The van der Waals surface area contributed by atoms with E-state index < -0.39 is 11.9 Å². The Kier molecular flexibility index (Phi) is 3.85. The summed E-state index contributed by atoms with van der Waals surface area (Å²) >= 11 is 0. The van der Waals surface area contributed by atoms with Crippen LogP contribution in [0.3, 0.4) is 0 Å². The Morgan fingerprint density at radius 1 is 1.04 bits per heavy atom. The van der Waals surface area contributed by atoms with Crippen LogP contribution in [0.2, 0.25) is 0 Å². The molecule has 0 saturated carbocycles. The molecular weight excluding hydrogens is 349 g/mol. The first-order valence-electron chi connectivity index (χ1n) is 8.28. The molecule has 0 bridgehead atoms. The third kappa shape index (κ3) is 3.11. The number of nitrogens with zero attached hydrogens (tertiary/aromatic N) is 5. The van der Waals surface area contributed by atoms with Gasteiger partial charge in [0.1, 0.15) is 23.2 Å². The van der Waals surface area contributed by atoms with Gasteiger partial charge in [0.2, 0.25) is 0 Å². The van der Waals surface area contributed by atoms with Crippen molar-refractivity contribution in [2.45, 2.75) is 13.1 Å². The molecule has 0 aliphatic carbocycles. The minimum Gasteiger partial charge on any atom is -0.356 e. The fraction of sp³-hybridized carbons (Fsp3) is 0.500. The fourth-order valence-corrected chi connectivity index (χ4v) is 3.74. The predicted molar refractivity (Wildman–Crippen MR) is 88.0 cm³/mol. The molecule has 0 amide bonds. The van der Waals surface area contributed by atoms with E-state index in [1.807, 2.05) is 4.90 Å². The van der Waals surface area contributed by atoms with Crippen LogP contribution in [-0.2, 0) is 6.18 Å². The van der Waals surface area contributed by atoms with Crippen LogP contribution in [0.5, 0.6) is 0 Å². The summed E-state index contributed by atoms with van der Waals surface area (Å²) < 4.78 is 39.0. The van der Waals surface area contributed by atoms with Crippen LogP contribution in [0, 0.1) is 18.8 Å². The summed E-state index contributed by atoms with van der Waals surface area (Å²) in [4.78, 5) is 22.8. The Balaban J connectivity index is 1.49. The molecule has 26 heavy (non-hydrogen) atoms. The predicted octanol–water partition coefficient (Wildman–Crippen LogP) is 1.46. The van der Waals surface area contributed by atoms with Crippen molar-refractivity contribution in [1.29, 1.82) is 0 Å². The molecule has 0 aromatic carbocycles. The highest BCUT2D eigenvalue weighted by atomic mass is 19.4. The average Bonchev–Trinajstić information content (AvgIpc) is 3.13. The Morgan fingerprint density at radius 3 is 2.19 bits per heavy atom. The Morgan fingerprint density at radius 2 is 1.65 bits per heavy atom. The Labute approximate surface area is 146 Å². The summed E-state index contributed by atoms with van der Waals surface area (Å²) in [7, 11) is 0. The number of aromatic nitrogens is 4. The molecule has 1 N–H and O–H groups in total. The molecule has 2 atom stereocenters. The molecule has 0 spiro atoms. The van der Waals surface area contributed by atoms with Crippen molar-refractivity contribution in [3.63, 3.8) is 0 Å². The summed E-state index contributed by atoms with van der Waals surface area (Å²) in [6.07, 6.45) is -4.48. The van der Waals surface area contributed by atoms with Crippen LogP contribution in [0.1, 0.15) is 11.5 Å². The first kappa shape index (κ1) is 16.8. The third-order valence-electron chi connectivity index (χ3n) is 4.91. The fourth-order valence-electron chi connectivity index (χ4n) is 3.74. The topological polar surface area (TPSA) is 78.0 Å². The first-order chi connectivity index (χ1) is 12.3. The van der Waals surface area contributed by atoms with Gasteiger partial charge in [0, 0.05) is 50.1 Å². The second kappa shape index (κ2) is 5.96. The van der Waals surface area contributed by atoms with Gasteiger partial charge < -0.3 is 9.80 Å². The van der Waals surface area contributed by atoms with Crippen LogP contribution >= 0.6 is 0 Å². The van der Waals surface area contributed by atoms with E-state index in [0.29, 0.717) is 36.6 Å². The molecule has 4 heterocycles. The maximum atomic E-state index is 13.0. The number of nitrogens with one attached hydrogen (secondary N) is 1. The quantitative estimate of drug-likeness (QED) is 0.867. The minimum absolute atomic E-state index is 0.117. The molecule has 10 heteroatoms. The SMILES string of the molecule is Cc1nc(N2CC3CN(c4ccc(=O)[nH]n4)CC3C2)cc(C(F)(F)F)n1. The van der Waals surface area contributed by atoms with E-state index in [2.05, 4.69) is 25.1 Å². The highest BCUT2D eigenvalue weighted by Crippen LogP contribution is 2.36. The van der Waals surface area contributed by atoms with Crippen molar-refractivity contribution in [3.05, 3.63) is 40.1 Å². The summed E-state index contributed by atoms with van der Waals surface area (Å²) in [5.74, 6) is 1.78. The molecule has 7 nitrogen and oxygen atoms in total. The smallest absolute Gasteiger partial charge is 0.356 e. The van der Waals surface area contributed by atoms with Crippen molar-refractivity contribution in [1.82, 2.24) is 20.2 Å². The van der Waals surface area contributed by atoms with Crippen molar-refractivity contribution in [2.24, 2.45) is 11.8 Å². The average molecular weight is 366 g/mol. The van der Waals surface area contributed by atoms with Gasteiger partial charge in [0.05, 0.1) is 0 Å². The van der Waals surface area contributed by atoms with Crippen molar-refractivity contribution in [3.8, 4) is 0 Å². The van der Waals surface area contributed by atoms with Gasteiger partial charge in [-0.2, -0.15) is 18.3 Å². The maximum Gasteiger partial charge on any atom is 0.433 e. The number of alkyl halides is 3. The van der Waals surface area contributed by atoms with Crippen LogP contribution in [-0.4, -0.2) is 46.3 Å². The number of aromatic amines is 1. The van der Waals surface area contributed by atoms with Crippen LogP contribution in [0.4, 0.5) is 24.8 Å². The number of hydrogen-bond donors (Lipinski definition) is 1. The maximum absolute atomic E-state index is 13.0. The lowest BCUT2D eigenvalue weighted by Gasteiger charge is -2.23. The number of H-pyrrole nitrogens is 1. The van der Waals surface area contributed by atoms with E-state index in [9.17, 15) is 18.0 Å². The zero-order chi connectivity index (χ0) is 18.5. The largest absolute Gasteiger partial charge is 0.433 e. The van der Waals surface area contributed by atoms with Gasteiger partial charge in [-0.05, 0) is 13.0 Å². The lowest BCUT2D eigenvalue weighted by atomic mass is 10.0. The zero-order valence-electron chi connectivity index (χ0n) is 14.0. The first-order valence-corrected chi connectivity index (χ1v) is 8.28. The Hall–Kier alpha value is -2.65. The molecule has 2 aromatic heterocycles. The highest BCUT2D eigenvalue weighted by Gasteiger charge is 2.42. The zero-order valence-corrected chi connectivity index (χ0v) is 14.0. The van der Waals surface area contributed by atoms with Gasteiger partial charge in [-0.15, -0.1) is 0 Å². The van der Waals surface area contributed by atoms with Crippen molar-refractivity contribution >= 4 is 11.6 Å². The van der Waals surface area contributed by atoms with E-state index in [-0.39, 0.29) is 11.4 Å². The summed E-state index contributed by atoms with van der Waals surface area (Å²) in [6, 6.07) is 4.14. The minimum atomic E-state index is -4.48. The molecule has 2 fully saturated rings. The Bertz CT molecular complexity index is 849. The van der Waals surface area contributed by atoms with Crippen molar-refractivity contribution in [2.75, 3.05) is 36.0 Å². The molecule has 4 rings (SSSR count). The normalized spacial score (nSPS) is 22.8. The number of hydrogen-bond acceptors (Lipinski definition) is 6. The van der Waals surface area contributed by atoms with Gasteiger partial charge in [-0.25, -0.2) is 15.1 Å². The van der Waals surface area contributed by atoms with E-state index in [1.165, 1.54) is 13.0 Å². The number of rotatable bonds is 2. The third-order valence-corrected chi connectivity index (χ3v) is 4.91. The number of anilines is 2. The molecular formula is C16H17F3N6O. The van der Waals surface area contributed by atoms with E-state index >= 15 is 0 Å². The lowest BCUT2D eigenvalue weighted by molar-refractivity contribution is -0.141. The summed E-state index contributed by atoms with van der Waals surface area (Å²) in [5, 5.41) is 6.47. The van der Waals surface area contributed by atoms with E-state index in [1.54, 1.807) is 6.07 Å². The second-order valence-corrected chi connectivity index (χ2v) is 6.77. The van der Waals surface area contributed by atoms with Crippen LogP contribution in [0.25, 0.3) is 0 Å². The van der Waals surface area contributed by atoms with Crippen molar-refractivity contribution < 1.29 is 13.2 Å². The van der Waals surface area contributed by atoms with Gasteiger partial charge in [-0.1, -0.05) is 0 Å². The molecule has 2 aromatic rings. The highest BCUT2D eigenvalue weighted by molar-refractivity contribution is 5.45. The summed E-state index contributed by atoms with van der Waals surface area (Å²) in [6.45, 7) is 4.24. The number of halogens is 3. The molecule has 2 unspecified atom stereocenters. The second-order valence-electron chi connectivity index (χ2n) is 6.77. The van der Waals surface area contributed by atoms with Crippen LogP contribution < -0.4 is 15.4 Å². The molecule has 0 radical (unpaired) electrons. The number of aryl methyl sites for hydroxylation is 1. The van der Waals surface area contributed by atoms with Gasteiger partial charge in [0.25, 0.3) is 5.56 Å². The molecule has 2 saturated heterocycles.